The van der Waals surface area contributed by atoms with Crippen molar-refractivity contribution in [1.29, 1.82) is 5.26 Å². The van der Waals surface area contributed by atoms with Crippen LogP contribution < -0.4 is 9.64 Å². The van der Waals surface area contributed by atoms with E-state index in [1.165, 1.54) is 16.0 Å². The molecule has 1 aliphatic heterocycles. The fraction of sp³-hybridized carbons (Fsp3) is 0.231. The van der Waals surface area contributed by atoms with Gasteiger partial charge in [-0.1, -0.05) is 110 Å². The molecule has 62 heavy (non-hydrogen) atoms. The van der Waals surface area contributed by atoms with Crippen molar-refractivity contribution in [2.75, 3.05) is 31.6 Å². The lowest BCUT2D eigenvalue weighted by Crippen LogP contribution is -2.37. The van der Waals surface area contributed by atoms with Crippen LogP contribution in [0.15, 0.2) is 157 Å². The van der Waals surface area contributed by atoms with Crippen LogP contribution in [-0.2, 0) is 29.3 Å². The maximum Gasteiger partial charge on any atom is 0.342 e. The lowest BCUT2D eigenvalue weighted by molar-refractivity contribution is -0.107. The Balaban J connectivity index is 0.000000462. The molecule has 10 heteroatoms. The van der Waals surface area contributed by atoms with Gasteiger partial charge in [0.2, 0.25) is 6.41 Å². The number of rotatable bonds is 15. The lowest BCUT2D eigenvalue weighted by atomic mass is 9.88. The van der Waals surface area contributed by atoms with Crippen LogP contribution in [0.4, 0.5) is 5.69 Å². The first kappa shape index (κ1) is 44.9. The number of carbonyl (C=O) groups is 3. The Morgan fingerprint density at radius 2 is 1.42 bits per heavy atom. The van der Waals surface area contributed by atoms with Gasteiger partial charge in [-0.25, -0.2) is 9.10 Å². The maximum absolute atomic E-state index is 13.2. The zero-order chi connectivity index (χ0) is 43.7. The molecule has 1 heterocycles. The van der Waals surface area contributed by atoms with E-state index in [0.29, 0.717) is 48.1 Å². The minimum Gasteiger partial charge on any atom is -0.488 e. The number of nitrogens with zero attached hydrogens (tertiary/aromatic N) is 4. The molecule has 0 saturated carbocycles. The van der Waals surface area contributed by atoms with E-state index in [0.717, 1.165) is 42.5 Å². The fourth-order valence-corrected chi connectivity index (χ4v) is 7.67. The summed E-state index contributed by atoms with van der Waals surface area (Å²) in [5.41, 5.74) is 7.29. The molecule has 1 aliphatic rings. The number of aryl methyl sites for hydroxylation is 1. The quantitative estimate of drug-likeness (QED) is 0.0572. The summed E-state index contributed by atoms with van der Waals surface area (Å²) in [5.74, 6) is 0.134. The standard InChI is InChI=1S/C42H37N3O5.C10H15NS/c43-26-31-11-17-37(18-12-31)41(47)44-23-21-36(22-24-44)35-15-13-32(14-16-35)27-45(30-46)38-19-20-39(42(48)50-29-34-9-5-2-6-10-34)40(25-38)49-28-33-7-3-1-4-8-33;1-4-11(3)12-10-7-5-9(2)6-8-10/h1-20,25,30,36H,21-24,27-29H2;5-8H,4H2,1-3H3. The smallest absolute Gasteiger partial charge is 0.342 e. The molecular formula is C52H52N4O5S. The Hall–Kier alpha value is -6.67. The summed E-state index contributed by atoms with van der Waals surface area (Å²) in [4.78, 5) is 43.3. The summed E-state index contributed by atoms with van der Waals surface area (Å²) in [7, 11) is 2.10. The van der Waals surface area contributed by atoms with Crippen molar-refractivity contribution in [3.8, 4) is 11.8 Å². The number of nitriles is 1. The van der Waals surface area contributed by atoms with E-state index in [4.69, 9.17) is 14.7 Å². The Morgan fingerprint density at radius 1 is 0.790 bits per heavy atom. The second-order valence-electron chi connectivity index (χ2n) is 15.1. The van der Waals surface area contributed by atoms with Gasteiger partial charge < -0.3 is 19.3 Å². The molecule has 0 N–H and O–H groups in total. The van der Waals surface area contributed by atoms with Gasteiger partial charge in [-0.05, 0) is 115 Å². The molecule has 0 aromatic heterocycles. The van der Waals surface area contributed by atoms with Crippen molar-refractivity contribution in [2.24, 2.45) is 0 Å². The monoisotopic (exact) mass is 844 g/mol. The number of benzene rings is 6. The molecular weight excluding hydrogens is 793 g/mol. The maximum atomic E-state index is 13.2. The van der Waals surface area contributed by atoms with E-state index >= 15 is 0 Å². The van der Waals surface area contributed by atoms with Gasteiger partial charge in [0.1, 0.15) is 24.5 Å². The number of hydrogen-bond acceptors (Lipinski definition) is 8. The number of ether oxygens (including phenoxy) is 2. The van der Waals surface area contributed by atoms with Crippen molar-refractivity contribution < 1.29 is 23.9 Å². The first-order valence-electron chi connectivity index (χ1n) is 20.8. The molecule has 9 nitrogen and oxygen atoms in total. The van der Waals surface area contributed by atoms with Gasteiger partial charge in [0.25, 0.3) is 5.91 Å². The Labute approximate surface area is 369 Å². The zero-order valence-electron chi connectivity index (χ0n) is 35.5. The van der Waals surface area contributed by atoms with Gasteiger partial charge in [-0.2, -0.15) is 5.26 Å². The Kier molecular flexibility index (Phi) is 16.5. The highest BCUT2D eigenvalue weighted by atomic mass is 32.2. The predicted molar refractivity (Wildman–Crippen MR) is 246 cm³/mol. The van der Waals surface area contributed by atoms with Gasteiger partial charge in [0, 0.05) is 41.8 Å². The molecule has 6 aromatic rings. The molecule has 0 radical (unpaired) electrons. The van der Waals surface area contributed by atoms with E-state index in [2.05, 4.69) is 67.7 Å². The van der Waals surface area contributed by atoms with Crippen LogP contribution in [-0.4, -0.2) is 54.2 Å². The van der Waals surface area contributed by atoms with Crippen molar-refractivity contribution in [1.82, 2.24) is 9.21 Å². The molecule has 2 amide bonds. The van der Waals surface area contributed by atoms with Crippen LogP contribution >= 0.6 is 11.9 Å². The SMILES string of the molecule is CCN(C)Sc1ccc(C)cc1.N#Cc1ccc(C(=O)N2CCC(c3ccc(CN(C=O)c4ccc(C(=O)OCc5ccccc5)c(OCc5ccccc5)c4)cc3)CC2)cc1. The molecule has 0 unspecified atom stereocenters. The van der Waals surface area contributed by atoms with Gasteiger partial charge >= 0.3 is 5.97 Å². The third-order valence-corrected chi connectivity index (χ3v) is 11.7. The van der Waals surface area contributed by atoms with Crippen molar-refractivity contribution in [3.05, 3.63) is 196 Å². The summed E-state index contributed by atoms with van der Waals surface area (Å²) in [5, 5.41) is 9.03. The van der Waals surface area contributed by atoms with Crippen molar-refractivity contribution >= 4 is 35.9 Å². The van der Waals surface area contributed by atoms with Gasteiger partial charge in [0.15, 0.2) is 0 Å². The highest BCUT2D eigenvalue weighted by Crippen LogP contribution is 2.31. The van der Waals surface area contributed by atoms with Crippen LogP contribution in [0.2, 0.25) is 0 Å². The van der Waals surface area contributed by atoms with Gasteiger partial charge in [-0.15, -0.1) is 0 Å². The van der Waals surface area contributed by atoms with Crippen molar-refractivity contribution in [2.45, 2.75) is 57.3 Å². The average molecular weight is 845 g/mol. The summed E-state index contributed by atoms with van der Waals surface area (Å²) < 4.78 is 14.0. The third-order valence-electron chi connectivity index (χ3n) is 10.7. The minimum atomic E-state index is -0.513. The first-order valence-corrected chi connectivity index (χ1v) is 21.6. The molecule has 0 spiro atoms. The van der Waals surface area contributed by atoms with E-state index in [1.807, 2.05) is 77.7 Å². The summed E-state index contributed by atoms with van der Waals surface area (Å²) >= 11 is 1.79. The summed E-state index contributed by atoms with van der Waals surface area (Å²) in [6, 6.07) is 49.9. The summed E-state index contributed by atoms with van der Waals surface area (Å²) in [6.07, 6.45) is 2.49. The van der Waals surface area contributed by atoms with Crippen LogP contribution in [0.5, 0.6) is 5.75 Å². The highest BCUT2D eigenvalue weighted by molar-refractivity contribution is 7.97. The van der Waals surface area contributed by atoms with Crippen LogP contribution in [0, 0.1) is 18.3 Å². The minimum absolute atomic E-state index is 0.0111. The second kappa shape index (κ2) is 22.8. The van der Waals surface area contributed by atoms with Crippen LogP contribution in [0.3, 0.4) is 0 Å². The van der Waals surface area contributed by atoms with E-state index in [1.54, 1.807) is 59.3 Å². The Bertz CT molecular complexity index is 2400. The highest BCUT2D eigenvalue weighted by Gasteiger charge is 2.25. The number of esters is 1. The number of piperidine rings is 1. The van der Waals surface area contributed by atoms with Gasteiger partial charge in [-0.3, -0.25) is 9.59 Å². The molecule has 316 valence electrons. The molecule has 0 atom stereocenters. The number of hydrogen-bond donors (Lipinski definition) is 0. The summed E-state index contributed by atoms with van der Waals surface area (Å²) in [6.45, 7) is 7.36. The van der Waals surface area contributed by atoms with Crippen LogP contribution in [0.1, 0.15) is 79.8 Å². The van der Waals surface area contributed by atoms with E-state index < -0.39 is 5.97 Å². The Morgan fingerprint density at radius 3 is 2.02 bits per heavy atom. The average Bonchev–Trinajstić information content (AvgIpc) is 3.33. The molecule has 0 aliphatic carbocycles. The number of amides is 2. The van der Waals surface area contributed by atoms with Crippen molar-refractivity contribution in [3.63, 3.8) is 0 Å². The molecule has 1 saturated heterocycles. The second-order valence-corrected chi connectivity index (χ2v) is 16.4. The first-order chi connectivity index (χ1) is 30.2. The number of carbonyl (C=O) groups excluding carboxylic acids is 3. The van der Waals surface area contributed by atoms with E-state index in [-0.39, 0.29) is 24.7 Å². The van der Waals surface area contributed by atoms with Gasteiger partial charge in [0.05, 0.1) is 18.2 Å². The topological polar surface area (TPSA) is 103 Å². The largest absolute Gasteiger partial charge is 0.488 e. The molecule has 7 rings (SSSR count). The predicted octanol–water partition coefficient (Wildman–Crippen LogP) is 10.6. The molecule has 0 bridgehead atoms. The van der Waals surface area contributed by atoms with Crippen LogP contribution in [0.25, 0.3) is 0 Å². The molecule has 1 fully saturated rings. The molecule has 6 aromatic carbocycles. The third kappa shape index (κ3) is 12.9. The number of likely N-dealkylation sites (tertiary alicyclic amines) is 1. The lowest BCUT2D eigenvalue weighted by Gasteiger charge is -2.32. The zero-order valence-corrected chi connectivity index (χ0v) is 36.3. The normalized spacial score (nSPS) is 12.4. The van der Waals surface area contributed by atoms with E-state index in [9.17, 15) is 14.4 Å². The fourth-order valence-electron chi connectivity index (χ4n) is 6.92. The number of anilines is 1.